The van der Waals surface area contributed by atoms with Gasteiger partial charge in [0.15, 0.2) is 0 Å². The molecule has 0 fully saturated rings. The summed E-state index contributed by atoms with van der Waals surface area (Å²) in [4.78, 5) is 17.9. The summed E-state index contributed by atoms with van der Waals surface area (Å²) in [6, 6.07) is 0.740. The molecule has 5 nitrogen and oxygen atoms in total. The van der Waals surface area contributed by atoms with E-state index < -0.39 is 17.8 Å². The molecule has 1 aromatic rings. The van der Waals surface area contributed by atoms with Crippen molar-refractivity contribution in [2.45, 2.75) is 6.18 Å². The Morgan fingerprint density at radius 3 is 2.83 bits per heavy atom. The Kier molecular flexibility index (Phi) is 4.48. The third kappa shape index (κ3) is 4.29. The Morgan fingerprint density at radius 2 is 2.22 bits per heavy atom. The number of carbonyl (C=O) groups is 1. The SMILES string of the molecule is C#CCNC(=O)CNc1nccc(C(F)(F)F)n1. The van der Waals surface area contributed by atoms with Gasteiger partial charge in [0.05, 0.1) is 13.1 Å². The zero-order valence-corrected chi connectivity index (χ0v) is 9.08. The molecule has 2 N–H and O–H groups in total. The average Bonchev–Trinajstić information content (AvgIpc) is 2.33. The maximum absolute atomic E-state index is 12.3. The lowest BCUT2D eigenvalue weighted by Gasteiger charge is -2.08. The maximum Gasteiger partial charge on any atom is 0.433 e. The van der Waals surface area contributed by atoms with E-state index in [9.17, 15) is 18.0 Å². The number of aromatic nitrogens is 2. The first-order valence-electron chi connectivity index (χ1n) is 4.77. The molecule has 0 atom stereocenters. The molecule has 0 unspecified atom stereocenters. The molecule has 18 heavy (non-hydrogen) atoms. The fourth-order valence-corrected chi connectivity index (χ4v) is 0.973. The first-order chi connectivity index (χ1) is 8.43. The normalized spacial score (nSPS) is 10.6. The van der Waals surface area contributed by atoms with Crippen LogP contribution in [0.2, 0.25) is 0 Å². The summed E-state index contributed by atoms with van der Waals surface area (Å²) in [5.41, 5.74) is -1.08. The molecule has 0 aromatic carbocycles. The Bertz CT molecular complexity index is 467. The van der Waals surface area contributed by atoms with Crippen molar-refractivity contribution in [3.05, 3.63) is 18.0 Å². The Morgan fingerprint density at radius 1 is 1.50 bits per heavy atom. The number of anilines is 1. The highest BCUT2D eigenvalue weighted by atomic mass is 19.4. The molecule has 0 saturated carbocycles. The highest BCUT2D eigenvalue weighted by molar-refractivity contribution is 5.80. The number of terminal acetylenes is 1. The maximum atomic E-state index is 12.3. The molecule has 0 radical (unpaired) electrons. The second-order valence-electron chi connectivity index (χ2n) is 3.10. The second-order valence-corrected chi connectivity index (χ2v) is 3.10. The van der Waals surface area contributed by atoms with E-state index in [2.05, 4.69) is 26.5 Å². The van der Waals surface area contributed by atoms with Crippen LogP contribution in [-0.2, 0) is 11.0 Å². The van der Waals surface area contributed by atoms with E-state index in [1.54, 1.807) is 0 Å². The summed E-state index contributed by atoms with van der Waals surface area (Å²) in [6.45, 7) is -0.215. The second kappa shape index (κ2) is 5.86. The molecule has 0 aliphatic rings. The van der Waals surface area contributed by atoms with Crippen LogP contribution in [0.25, 0.3) is 0 Å². The van der Waals surface area contributed by atoms with Gasteiger partial charge in [0.25, 0.3) is 0 Å². The minimum absolute atomic E-state index is 0.0456. The quantitative estimate of drug-likeness (QED) is 0.778. The number of rotatable bonds is 4. The van der Waals surface area contributed by atoms with Gasteiger partial charge in [-0.1, -0.05) is 5.92 Å². The number of nitrogens with one attached hydrogen (secondary N) is 2. The van der Waals surface area contributed by atoms with Crippen molar-refractivity contribution in [1.82, 2.24) is 15.3 Å². The molecule has 1 heterocycles. The summed E-state index contributed by atoms with van der Waals surface area (Å²) in [6.07, 6.45) is 1.32. The van der Waals surface area contributed by atoms with Crippen molar-refractivity contribution in [2.24, 2.45) is 0 Å². The molecule has 0 saturated heterocycles. The van der Waals surface area contributed by atoms with Crippen LogP contribution in [0.4, 0.5) is 19.1 Å². The van der Waals surface area contributed by atoms with Gasteiger partial charge in [-0.3, -0.25) is 4.79 Å². The lowest BCUT2D eigenvalue weighted by molar-refractivity contribution is -0.141. The van der Waals surface area contributed by atoms with E-state index in [0.29, 0.717) is 0 Å². The highest BCUT2D eigenvalue weighted by Crippen LogP contribution is 2.27. The summed E-state index contributed by atoms with van der Waals surface area (Å²) >= 11 is 0. The van der Waals surface area contributed by atoms with Crippen LogP contribution in [0.5, 0.6) is 0 Å². The molecule has 0 bridgehead atoms. The first-order valence-corrected chi connectivity index (χ1v) is 4.77. The first kappa shape index (κ1) is 13.8. The van der Waals surface area contributed by atoms with Gasteiger partial charge < -0.3 is 10.6 Å². The molecule has 0 aliphatic carbocycles. The van der Waals surface area contributed by atoms with E-state index in [1.807, 2.05) is 0 Å². The van der Waals surface area contributed by atoms with Gasteiger partial charge in [-0.15, -0.1) is 6.42 Å². The van der Waals surface area contributed by atoms with E-state index in [0.717, 1.165) is 12.3 Å². The molecule has 96 valence electrons. The lowest BCUT2D eigenvalue weighted by Crippen LogP contribution is -2.30. The number of amides is 1. The number of alkyl halides is 3. The monoisotopic (exact) mass is 258 g/mol. The van der Waals surface area contributed by atoms with Crippen LogP contribution in [0.3, 0.4) is 0 Å². The zero-order valence-electron chi connectivity index (χ0n) is 9.08. The zero-order chi connectivity index (χ0) is 13.6. The molecule has 1 rings (SSSR count). The van der Waals surface area contributed by atoms with Crippen molar-refractivity contribution in [2.75, 3.05) is 18.4 Å². The highest BCUT2D eigenvalue weighted by Gasteiger charge is 2.32. The molecule has 0 aliphatic heterocycles. The van der Waals surface area contributed by atoms with Gasteiger partial charge in [0.1, 0.15) is 5.69 Å². The molecular weight excluding hydrogens is 249 g/mol. The topological polar surface area (TPSA) is 66.9 Å². The van der Waals surface area contributed by atoms with Crippen molar-refractivity contribution < 1.29 is 18.0 Å². The largest absolute Gasteiger partial charge is 0.433 e. The Hall–Kier alpha value is -2.30. The van der Waals surface area contributed by atoms with E-state index in [1.165, 1.54) is 0 Å². The number of nitrogens with zero attached hydrogens (tertiary/aromatic N) is 2. The summed E-state index contributed by atoms with van der Waals surface area (Å²) in [7, 11) is 0. The van der Waals surface area contributed by atoms with Crippen LogP contribution in [0.15, 0.2) is 12.3 Å². The van der Waals surface area contributed by atoms with Crippen LogP contribution < -0.4 is 10.6 Å². The van der Waals surface area contributed by atoms with E-state index in [-0.39, 0.29) is 19.0 Å². The van der Waals surface area contributed by atoms with Crippen LogP contribution >= 0.6 is 0 Å². The third-order valence-corrected chi connectivity index (χ3v) is 1.74. The summed E-state index contributed by atoms with van der Waals surface area (Å²) in [5.74, 6) is 1.44. The molecule has 8 heteroatoms. The smallest absolute Gasteiger partial charge is 0.345 e. The number of hydrogen-bond donors (Lipinski definition) is 2. The van der Waals surface area contributed by atoms with Crippen LogP contribution in [0.1, 0.15) is 5.69 Å². The summed E-state index contributed by atoms with van der Waals surface area (Å²) in [5, 5.41) is 4.70. The standard InChI is InChI=1S/C10H9F3N4O/c1-2-4-14-8(18)6-16-9-15-5-3-7(17-9)10(11,12)13/h1,3,5H,4,6H2,(H,14,18)(H,15,16,17). The molecule has 1 amide bonds. The summed E-state index contributed by atoms with van der Waals surface area (Å²) < 4.78 is 36.9. The van der Waals surface area contributed by atoms with Crippen LogP contribution in [0, 0.1) is 12.3 Å². The fourth-order valence-electron chi connectivity index (χ4n) is 0.973. The fraction of sp³-hybridized carbons (Fsp3) is 0.300. The predicted octanol–water partition coefficient (Wildman–Crippen LogP) is 0.657. The van der Waals surface area contributed by atoms with Gasteiger partial charge in [0, 0.05) is 6.20 Å². The minimum atomic E-state index is -4.55. The van der Waals surface area contributed by atoms with Crippen molar-refractivity contribution in [3.63, 3.8) is 0 Å². The molecular formula is C10H9F3N4O. The van der Waals surface area contributed by atoms with Crippen molar-refractivity contribution >= 4 is 11.9 Å². The molecule has 0 spiro atoms. The van der Waals surface area contributed by atoms with Gasteiger partial charge in [-0.05, 0) is 6.07 Å². The number of hydrogen-bond acceptors (Lipinski definition) is 4. The number of carbonyl (C=O) groups excluding carboxylic acids is 1. The van der Waals surface area contributed by atoms with E-state index >= 15 is 0 Å². The Labute approximate surface area is 101 Å². The molecule has 1 aromatic heterocycles. The van der Waals surface area contributed by atoms with Gasteiger partial charge in [-0.25, -0.2) is 9.97 Å². The van der Waals surface area contributed by atoms with Gasteiger partial charge in [-0.2, -0.15) is 13.2 Å². The van der Waals surface area contributed by atoms with Crippen molar-refractivity contribution in [1.29, 1.82) is 0 Å². The third-order valence-electron chi connectivity index (χ3n) is 1.74. The van der Waals surface area contributed by atoms with Gasteiger partial charge in [0.2, 0.25) is 11.9 Å². The van der Waals surface area contributed by atoms with Gasteiger partial charge >= 0.3 is 6.18 Å². The van der Waals surface area contributed by atoms with Crippen LogP contribution in [-0.4, -0.2) is 29.0 Å². The lowest BCUT2D eigenvalue weighted by atomic mass is 10.4. The number of halogens is 3. The predicted molar refractivity (Wildman–Crippen MR) is 57.4 cm³/mol. The van der Waals surface area contributed by atoms with Crippen molar-refractivity contribution in [3.8, 4) is 12.3 Å². The Balaban J connectivity index is 2.58. The minimum Gasteiger partial charge on any atom is -0.345 e. The average molecular weight is 258 g/mol. The van der Waals surface area contributed by atoms with E-state index in [4.69, 9.17) is 6.42 Å².